The second-order valence-electron chi connectivity index (χ2n) is 6.71. The number of anilines is 2. The number of hydrogen-bond acceptors (Lipinski definition) is 5. The highest BCUT2D eigenvalue weighted by Gasteiger charge is 2.41. The molecular formula is C24H19ClN2O4. The lowest BCUT2D eigenvalue weighted by Crippen LogP contribution is -2.32. The summed E-state index contributed by atoms with van der Waals surface area (Å²) in [5.74, 6) is 0.00223. The van der Waals surface area contributed by atoms with E-state index in [4.69, 9.17) is 21.1 Å². The fraction of sp³-hybridized carbons (Fsp3) is 0.0833. The molecule has 0 spiro atoms. The maximum atomic E-state index is 13.5. The summed E-state index contributed by atoms with van der Waals surface area (Å²) in [4.78, 5) is 28.0. The van der Waals surface area contributed by atoms with Crippen molar-refractivity contribution in [3.8, 4) is 11.5 Å². The Morgan fingerprint density at radius 2 is 1.48 bits per heavy atom. The molecule has 2 amide bonds. The smallest absolute Gasteiger partial charge is 0.282 e. The minimum absolute atomic E-state index is 0.156. The number of carbonyl (C=O) groups is 2. The van der Waals surface area contributed by atoms with Crippen molar-refractivity contribution >= 4 is 40.4 Å². The van der Waals surface area contributed by atoms with Gasteiger partial charge in [-0.25, -0.2) is 4.90 Å². The first-order chi connectivity index (χ1) is 15.0. The number of ether oxygens (including phenoxy) is 2. The molecule has 0 aromatic heterocycles. The van der Waals surface area contributed by atoms with E-state index in [1.807, 2.05) is 18.2 Å². The zero-order valence-corrected chi connectivity index (χ0v) is 17.6. The maximum absolute atomic E-state index is 13.5. The Hall–Kier alpha value is -3.77. The number of benzene rings is 3. The van der Waals surface area contributed by atoms with E-state index in [0.717, 1.165) is 4.90 Å². The lowest BCUT2D eigenvalue weighted by molar-refractivity contribution is -0.120. The molecule has 3 aromatic rings. The summed E-state index contributed by atoms with van der Waals surface area (Å²) in [5, 5.41) is 3.47. The molecule has 0 fully saturated rings. The molecule has 0 unspecified atom stereocenters. The molecule has 1 heterocycles. The van der Waals surface area contributed by atoms with Crippen LogP contribution >= 0.6 is 11.6 Å². The Bertz CT molecular complexity index is 1190. The van der Waals surface area contributed by atoms with E-state index >= 15 is 0 Å². The first-order valence-electron chi connectivity index (χ1n) is 9.47. The Balaban J connectivity index is 1.82. The van der Waals surface area contributed by atoms with E-state index < -0.39 is 11.8 Å². The quantitative estimate of drug-likeness (QED) is 0.567. The van der Waals surface area contributed by atoms with E-state index in [0.29, 0.717) is 33.5 Å². The molecular weight excluding hydrogens is 416 g/mol. The molecule has 1 N–H and O–H groups in total. The largest absolute Gasteiger partial charge is 0.495 e. The highest BCUT2D eigenvalue weighted by atomic mass is 35.5. The molecule has 3 aromatic carbocycles. The Kier molecular flexibility index (Phi) is 5.64. The molecule has 0 saturated heterocycles. The number of imide groups is 1. The predicted molar refractivity (Wildman–Crippen MR) is 120 cm³/mol. The van der Waals surface area contributed by atoms with Crippen LogP contribution in [0.15, 0.2) is 78.5 Å². The summed E-state index contributed by atoms with van der Waals surface area (Å²) in [7, 11) is 3.02. The number of methoxy groups -OCH3 is 2. The fourth-order valence-electron chi connectivity index (χ4n) is 3.44. The second-order valence-corrected chi connectivity index (χ2v) is 7.12. The molecule has 4 rings (SSSR count). The van der Waals surface area contributed by atoms with Crippen LogP contribution in [0.25, 0.3) is 5.57 Å². The lowest BCUT2D eigenvalue weighted by atomic mass is 10.0. The Morgan fingerprint density at radius 3 is 2.16 bits per heavy atom. The van der Waals surface area contributed by atoms with Crippen molar-refractivity contribution < 1.29 is 19.1 Å². The number of carbonyl (C=O) groups excluding carboxylic acids is 2. The Labute approximate surface area is 184 Å². The van der Waals surface area contributed by atoms with Crippen LogP contribution < -0.4 is 19.7 Å². The lowest BCUT2D eigenvalue weighted by Gasteiger charge is -2.18. The molecule has 156 valence electrons. The number of hydrogen-bond donors (Lipinski definition) is 1. The van der Waals surface area contributed by atoms with Crippen LogP contribution in [-0.4, -0.2) is 26.0 Å². The molecule has 0 atom stereocenters. The van der Waals surface area contributed by atoms with Crippen LogP contribution in [0.4, 0.5) is 11.4 Å². The van der Waals surface area contributed by atoms with Gasteiger partial charge in [-0.05, 0) is 35.9 Å². The van der Waals surface area contributed by atoms with Gasteiger partial charge in [0, 0.05) is 5.69 Å². The fourth-order valence-corrected chi connectivity index (χ4v) is 3.70. The van der Waals surface area contributed by atoms with Crippen LogP contribution in [-0.2, 0) is 9.59 Å². The Morgan fingerprint density at radius 1 is 0.806 bits per heavy atom. The molecule has 0 bridgehead atoms. The molecule has 1 aliphatic heterocycles. The van der Waals surface area contributed by atoms with Crippen molar-refractivity contribution in [1.29, 1.82) is 0 Å². The zero-order chi connectivity index (χ0) is 22.0. The average molecular weight is 435 g/mol. The average Bonchev–Trinajstić information content (AvgIpc) is 3.03. The number of halogens is 1. The van der Waals surface area contributed by atoms with Crippen LogP contribution in [0.2, 0.25) is 5.02 Å². The minimum Gasteiger partial charge on any atom is -0.495 e. The monoisotopic (exact) mass is 434 g/mol. The number of para-hydroxylation sites is 2. The summed E-state index contributed by atoms with van der Waals surface area (Å²) in [5.41, 5.74) is 1.97. The molecule has 31 heavy (non-hydrogen) atoms. The van der Waals surface area contributed by atoms with Gasteiger partial charge >= 0.3 is 0 Å². The van der Waals surface area contributed by atoms with Crippen LogP contribution in [0.1, 0.15) is 5.56 Å². The maximum Gasteiger partial charge on any atom is 0.282 e. The number of nitrogens with zero attached hydrogens (tertiary/aromatic N) is 1. The third kappa shape index (κ3) is 3.73. The number of rotatable bonds is 6. The van der Waals surface area contributed by atoms with Gasteiger partial charge in [-0.15, -0.1) is 0 Å². The first-order valence-corrected chi connectivity index (χ1v) is 9.85. The van der Waals surface area contributed by atoms with Crippen molar-refractivity contribution in [3.05, 3.63) is 89.1 Å². The normalized spacial score (nSPS) is 13.6. The highest BCUT2D eigenvalue weighted by Crippen LogP contribution is 2.38. The summed E-state index contributed by atoms with van der Waals surface area (Å²) < 4.78 is 10.6. The first kappa shape index (κ1) is 20.5. The van der Waals surface area contributed by atoms with Gasteiger partial charge in [0.15, 0.2) is 0 Å². The van der Waals surface area contributed by atoms with Gasteiger partial charge in [-0.3, -0.25) is 9.59 Å². The van der Waals surface area contributed by atoms with Crippen molar-refractivity contribution in [2.45, 2.75) is 0 Å². The van der Waals surface area contributed by atoms with Gasteiger partial charge in [-0.1, -0.05) is 54.1 Å². The summed E-state index contributed by atoms with van der Waals surface area (Å²) in [6, 6.07) is 21.0. The number of amides is 2. The molecule has 0 radical (unpaired) electrons. The minimum atomic E-state index is -0.486. The zero-order valence-electron chi connectivity index (χ0n) is 16.9. The van der Waals surface area contributed by atoms with Crippen molar-refractivity contribution in [2.75, 3.05) is 24.4 Å². The van der Waals surface area contributed by atoms with Crippen molar-refractivity contribution in [2.24, 2.45) is 0 Å². The highest BCUT2D eigenvalue weighted by molar-refractivity contribution is 6.46. The predicted octanol–water partition coefficient (Wildman–Crippen LogP) is 4.75. The summed E-state index contributed by atoms with van der Waals surface area (Å²) in [6.07, 6.45) is 0. The van der Waals surface area contributed by atoms with Crippen LogP contribution in [0.3, 0.4) is 0 Å². The third-order valence-electron chi connectivity index (χ3n) is 4.89. The topological polar surface area (TPSA) is 67.9 Å². The van der Waals surface area contributed by atoms with E-state index in [2.05, 4.69) is 5.32 Å². The van der Waals surface area contributed by atoms with E-state index in [-0.39, 0.29) is 11.3 Å². The molecule has 7 heteroatoms. The van der Waals surface area contributed by atoms with Gasteiger partial charge in [-0.2, -0.15) is 0 Å². The molecule has 0 saturated carbocycles. The van der Waals surface area contributed by atoms with Crippen molar-refractivity contribution in [3.63, 3.8) is 0 Å². The van der Waals surface area contributed by atoms with Crippen LogP contribution in [0.5, 0.6) is 11.5 Å². The van der Waals surface area contributed by atoms with Crippen LogP contribution in [0, 0.1) is 0 Å². The summed E-state index contributed by atoms with van der Waals surface area (Å²) in [6.45, 7) is 0. The second kappa shape index (κ2) is 8.53. The van der Waals surface area contributed by atoms with Gasteiger partial charge in [0.2, 0.25) is 0 Å². The van der Waals surface area contributed by atoms with E-state index in [1.165, 1.54) is 14.2 Å². The van der Waals surface area contributed by atoms with Crippen molar-refractivity contribution in [1.82, 2.24) is 0 Å². The van der Waals surface area contributed by atoms with Gasteiger partial charge in [0.25, 0.3) is 11.8 Å². The van der Waals surface area contributed by atoms with E-state index in [1.54, 1.807) is 54.6 Å². The van der Waals surface area contributed by atoms with E-state index in [9.17, 15) is 9.59 Å². The van der Waals surface area contributed by atoms with Gasteiger partial charge < -0.3 is 14.8 Å². The number of nitrogens with one attached hydrogen (secondary N) is 1. The molecule has 1 aliphatic rings. The van der Waals surface area contributed by atoms with Gasteiger partial charge in [0.1, 0.15) is 17.2 Å². The SMILES string of the molecule is COc1ccc(NC2=C(c3ccccc3)C(=O)N(c3ccccc3OC)C2=O)cc1Cl. The standard InChI is InChI=1S/C24H19ClN2O4/c1-30-19-13-12-16(14-17(19)25)26-22-21(15-8-4-3-5-9-15)23(28)27(24(22)29)18-10-6-7-11-20(18)31-2/h3-14,26H,1-2H3. The molecule has 6 nitrogen and oxygen atoms in total. The summed E-state index contributed by atoms with van der Waals surface area (Å²) >= 11 is 6.24. The molecule has 0 aliphatic carbocycles. The third-order valence-corrected chi connectivity index (χ3v) is 5.19. The van der Waals surface area contributed by atoms with Gasteiger partial charge in [0.05, 0.1) is 30.5 Å².